The summed E-state index contributed by atoms with van der Waals surface area (Å²) in [4.78, 5) is 24.2. The lowest BCUT2D eigenvalue weighted by atomic mass is 10.3. The fourth-order valence-corrected chi connectivity index (χ4v) is 2.55. The van der Waals surface area contributed by atoms with Gasteiger partial charge in [0.1, 0.15) is 5.03 Å². The summed E-state index contributed by atoms with van der Waals surface area (Å²) in [6, 6.07) is 0. The second-order valence-corrected chi connectivity index (χ2v) is 5.14. The van der Waals surface area contributed by atoms with Crippen LogP contribution in [0.15, 0.2) is 17.4 Å². The van der Waals surface area contributed by atoms with Crippen LogP contribution < -0.4 is 4.90 Å². The molecule has 100 valence electrons. The summed E-state index contributed by atoms with van der Waals surface area (Å²) >= 11 is 1.47. The maximum atomic E-state index is 11.9. The van der Waals surface area contributed by atoms with Gasteiger partial charge in [0.15, 0.2) is 5.82 Å². The van der Waals surface area contributed by atoms with Gasteiger partial charge in [-0.1, -0.05) is 11.8 Å². The summed E-state index contributed by atoms with van der Waals surface area (Å²) in [5.41, 5.74) is 0. The Hall–Kier alpha value is -0.850. The predicted molar refractivity (Wildman–Crippen MR) is 75.5 cm³/mol. The maximum absolute atomic E-state index is 11.9. The van der Waals surface area contributed by atoms with E-state index in [9.17, 15) is 4.79 Å². The van der Waals surface area contributed by atoms with Gasteiger partial charge in [-0.05, 0) is 27.1 Å². The van der Waals surface area contributed by atoms with Crippen molar-refractivity contribution < 1.29 is 4.79 Å². The van der Waals surface area contributed by atoms with E-state index in [-0.39, 0.29) is 18.3 Å². The number of anilines is 1. The quantitative estimate of drug-likeness (QED) is 0.836. The fourth-order valence-electron chi connectivity index (χ4n) is 1.71. The molecule has 0 atom stereocenters. The number of nitrogens with zero attached hydrogens (tertiary/aromatic N) is 4. The summed E-state index contributed by atoms with van der Waals surface area (Å²) in [7, 11) is 4.06. The molecule has 0 saturated carbocycles. The van der Waals surface area contributed by atoms with Gasteiger partial charge in [-0.25, -0.2) is 9.97 Å². The van der Waals surface area contributed by atoms with E-state index in [1.807, 2.05) is 14.1 Å². The predicted octanol–water partition coefficient (Wildman–Crippen LogP) is 1.29. The van der Waals surface area contributed by atoms with E-state index < -0.39 is 0 Å². The molecule has 7 heteroatoms. The molecule has 0 radical (unpaired) electrons. The molecule has 2 rings (SSSR count). The van der Waals surface area contributed by atoms with Gasteiger partial charge >= 0.3 is 0 Å². The molecule has 0 bridgehead atoms. The van der Waals surface area contributed by atoms with Gasteiger partial charge in [0, 0.05) is 18.9 Å². The molecule has 0 unspecified atom stereocenters. The number of rotatable bonds is 4. The van der Waals surface area contributed by atoms with E-state index in [4.69, 9.17) is 0 Å². The first-order valence-electron chi connectivity index (χ1n) is 5.57. The van der Waals surface area contributed by atoms with Crippen molar-refractivity contribution >= 4 is 35.9 Å². The first-order valence-corrected chi connectivity index (χ1v) is 6.56. The Morgan fingerprint density at radius 3 is 2.83 bits per heavy atom. The van der Waals surface area contributed by atoms with Crippen LogP contribution in [-0.2, 0) is 4.79 Å². The van der Waals surface area contributed by atoms with E-state index in [0.717, 1.165) is 18.0 Å². The number of halogens is 1. The molecule has 18 heavy (non-hydrogen) atoms. The van der Waals surface area contributed by atoms with Crippen LogP contribution in [0.25, 0.3) is 0 Å². The molecule has 1 aromatic rings. The van der Waals surface area contributed by atoms with Crippen molar-refractivity contribution in [3.8, 4) is 0 Å². The maximum Gasteiger partial charge on any atom is 0.238 e. The molecule has 0 N–H and O–H groups in total. The molecule has 1 aromatic heterocycles. The minimum Gasteiger partial charge on any atom is -0.309 e. The number of thioether (sulfide) groups is 1. The van der Waals surface area contributed by atoms with Gasteiger partial charge in [0.25, 0.3) is 0 Å². The Morgan fingerprint density at radius 1 is 1.39 bits per heavy atom. The molecular weight excluding hydrogens is 272 g/mol. The average molecular weight is 289 g/mol. The lowest BCUT2D eigenvalue weighted by Gasteiger charge is -2.27. The average Bonchev–Trinajstić information content (AvgIpc) is 2.32. The highest BCUT2D eigenvalue weighted by Gasteiger charge is 2.26. The van der Waals surface area contributed by atoms with E-state index >= 15 is 0 Å². The largest absolute Gasteiger partial charge is 0.309 e. The summed E-state index contributed by atoms with van der Waals surface area (Å²) in [5, 5.41) is 0.858. The van der Waals surface area contributed by atoms with Gasteiger partial charge in [-0.15, -0.1) is 12.4 Å². The summed E-state index contributed by atoms with van der Waals surface area (Å²) in [5.74, 6) is 1.31. The standard InChI is InChI=1S/C11H16N4OS.ClH/c1-14(2)6-3-7-15-9(16)8-17-11-10(15)12-4-5-13-11;/h4-5H,3,6-8H2,1-2H3;1H. The second-order valence-electron chi connectivity index (χ2n) is 4.18. The molecule has 1 amide bonds. The van der Waals surface area contributed by atoms with E-state index in [1.54, 1.807) is 17.3 Å². The zero-order valence-electron chi connectivity index (χ0n) is 10.5. The van der Waals surface area contributed by atoms with Crippen molar-refractivity contribution in [2.24, 2.45) is 0 Å². The van der Waals surface area contributed by atoms with Crippen molar-refractivity contribution in [3.63, 3.8) is 0 Å². The first kappa shape index (κ1) is 15.2. The minimum absolute atomic E-state index is 0. The summed E-state index contributed by atoms with van der Waals surface area (Å²) < 4.78 is 0. The van der Waals surface area contributed by atoms with Crippen molar-refractivity contribution in [3.05, 3.63) is 12.4 Å². The van der Waals surface area contributed by atoms with Gasteiger partial charge < -0.3 is 4.90 Å². The fraction of sp³-hybridized carbons (Fsp3) is 0.545. The van der Waals surface area contributed by atoms with Crippen LogP contribution in [0.2, 0.25) is 0 Å². The van der Waals surface area contributed by atoms with Gasteiger partial charge in [-0.3, -0.25) is 9.69 Å². The van der Waals surface area contributed by atoms with Gasteiger partial charge in [0.05, 0.1) is 5.75 Å². The third-order valence-electron chi connectivity index (χ3n) is 2.52. The second kappa shape index (κ2) is 6.92. The zero-order chi connectivity index (χ0) is 12.3. The highest BCUT2D eigenvalue weighted by Crippen LogP contribution is 2.30. The van der Waals surface area contributed by atoms with E-state index in [2.05, 4.69) is 14.9 Å². The Kier molecular flexibility index (Phi) is 5.84. The molecule has 1 aliphatic rings. The third-order valence-corrected chi connectivity index (χ3v) is 3.48. The van der Waals surface area contributed by atoms with Crippen LogP contribution >= 0.6 is 24.2 Å². The number of hydrogen-bond donors (Lipinski definition) is 0. The van der Waals surface area contributed by atoms with Crippen LogP contribution in [0.3, 0.4) is 0 Å². The monoisotopic (exact) mass is 288 g/mol. The Labute approximate surface area is 117 Å². The molecule has 0 spiro atoms. The number of carbonyl (C=O) groups excluding carboxylic acids is 1. The van der Waals surface area contributed by atoms with E-state index in [0.29, 0.717) is 18.1 Å². The topological polar surface area (TPSA) is 49.3 Å². The Balaban J connectivity index is 0.00000162. The molecule has 2 heterocycles. The zero-order valence-corrected chi connectivity index (χ0v) is 12.1. The summed E-state index contributed by atoms with van der Waals surface area (Å²) in [6.07, 6.45) is 4.25. The number of aromatic nitrogens is 2. The lowest BCUT2D eigenvalue weighted by Crippen LogP contribution is -2.38. The van der Waals surface area contributed by atoms with Crippen LogP contribution in [0.5, 0.6) is 0 Å². The smallest absolute Gasteiger partial charge is 0.238 e. The first-order chi connectivity index (χ1) is 8.18. The van der Waals surface area contributed by atoms with Crippen LogP contribution in [0.4, 0.5) is 5.82 Å². The van der Waals surface area contributed by atoms with Crippen molar-refractivity contribution in [2.45, 2.75) is 11.4 Å². The number of fused-ring (bicyclic) bond motifs is 1. The molecule has 1 aliphatic heterocycles. The van der Waals surface area contributed by atoms with Crippen molar-refractivity contribution in [2.75, 3.05) is 37.8 Å². The summed E-state index contributed by atoms with van der Waals surface area (Å²) in [6.45, 7) is 1.68. The Morgan fingerprint density at radius 2 is 2.11 bits per heavy atom. The molecule has 5 nitrogen and oxygen atoms in total. The molecule has 0 fully saturated rings. The van der Waals surface area contributed by atoms with Crippen LogP contribution in [0.1, 0.15) is 6.42 Å². The van der Waals surface area contributed by atoms with Crippen molar-refractivity contribution in [1.82, 2.24) is 14.9 Å². The third kappa shape index (κ3) is 3.57. The highest BCUT2D eigenvalue weighted by molar-refractivity contribution is 8.00. The Bertz CT molecular complexity index is 416. The molecule has 0 aliphatic carbocycles. The number of amides is 1. The molecular formula is C11H17ClN4OS. The lowest BCUT2D eigenvalue weighted by molar-refractivity contribution is -0.116. The molecule has 0 aromatic carbocycles. The SMILES string of the molecule is CN(C)CCCN1C(=O)CSc2nccnc21.Cl. The minimum atomic E-state index is 0. The number of carbonyl (C=O) groups is 1. The van der Waals surface area contributed by atoms with Crippen LogP contribution in [-0.4, -0.2) is 53.7 Å². The van der Waals surface area contributed by atoms with Gasteiger partial charge in [0.2, 0.25) is 5.91 Å². The molecule has 0 saturated heterocycles. The van der Waals surface area contributed by atoms with E-state index in [1.165, 1.54) is 11.8 Å². The highest BCUT2D eigenvalue weighted by atomic mass is 35.5. The van der Waals surface area contributed by atoms with Gasteiger partial charge in [-0.2, -0.15) is 0 Å². The number of hydrogen-bond acceptors (Lipinski definition) is 5. The van der Waals surface area contributed by atoms with Crippen LogP contribution in [0, 0.1) is 0 Å². The normalized spacial score (nSPS) is 14.4. The van der Waals surface area contributed by atoms with Crippen molar-refractivity contribution in [1.29, 1.82) is 0 Å².